The monoisotopic (exact) mass is 495 g/mol. The van der Waals surface area contributed by atoms with Crippen molar-refractivity contribution in [3.05, 3.63) is 28.3 Å². The highest BCUT2D eigenvalue weighted by atomic mass is 16.6. The van der Waals surface area contributed by atoms with E-state index < -0.39 is 4.92 Å². The van der Waals surface area contributed by atoms with Gasteiger partial charge in [-0.15, -0.1) is 0 Å². The van der Waals surface area contributed by atoms with E-state index in [4.69, 9.17) is 19.7 Å². The van der Waals surface area contributed by atoms with E-state index in [0.29, 0.717) is 37.9 Å². The van der Waals surface area contributed by atoms with Crippen LogP contribution in [0.25, 0.3) is 0 Å². The lowest BCUT2D eigenvalue weighted by molar-refractivity contribution is -0.385. The van der Waals surface area contributed by atoms with E-state index in [1.165, 1.54) is 76.3 Å². The highest BCUT2D eigenvalue weighted by molar-refractivity contribution is 5.48. The first-order valence-electron chi connectivity index (χ1n) is 13.9. The Balaban J connectivity index is 2.21. The summed E-state index contributed by atoms with van der Waals surface area (Å²) in [6, 6.07) is 4.59. The van der Waals surface area contributed by atoms with Crippen LogP contribution in [0.2, 0.25) is 0 Å². The van der Waals surface area contributed by atoms with Crippen molar-refractivity contribution in [2.45, 2.75) is 116 Å². The van der Waals surface area contributed by atoms with Crippen molar-refractivity contribution in [1.29, 1.82) is 0 Å². The van der Waals surface area contributed by atoms with E-state index in [0.717, 1.165) is 51.4 Å². The first-order chi connectivity index (χ1) is 17.2. The largest absolute Gasteiger partial charge is 0.490 e. The third-order valence-electron chi connectivity index (χ3n) is 6.26. The molecule has 0 fully saturated rings. The molecule has 0 spiro atoms. The van der Waals surface area contributed by atoms with Crippen molar-refractivity contribution < 1.29 is 24.6 Å². The Morgan fingerprint density at radius 2 is 0.943 bits per heavy atom. The molecule has 1 rings (SSSR count). The van der Waals surface area contributed by atoms with Crippen LogP contribution in [0.1, 0.15) is 116 Å². The summed E-state index contributed by atoms with van der Waals surface area (Å²) in [6.45, 7) is 1.72. The normalized spacial score (nSPS) is 11.0. The highest BCUT2D eigenvalue weighted by Gasteiger charge is 2.13. The molecule has 7 nitrogen and oxygen atoms in total. The summed E-state index contributed by atoms with van der Waals surface area (Å²) < 4.78 is 11.8. The molecule has 0 heterocycles. The second-order valence-corrected chi connectivity index (χ2v) is 9.40. The fourth-order valence-corrected chi connectivity index (χ4v) is 4.11. The maximum Gasteiger partial charge on any atom is 0.273 e. The van der Waals surface area contributed by atoms with Gasteiger partial charge in [-0.25, -0.2) is 0 Å². The Hall–Kier alpha value is -1.86. The molecule has 1 aromatic rings. The minimum Gasteiger partial charge on any atom is -0.490 e. The third-order valence-corrected chi connectivity index (χ3v) is 6.26. The first-order valence-corrected chi connectivity index (χ1v) is 13.9. The van der Waals surface area contributed by atoms with Gasteiger partial charge in [0, 0.05) is 19.3 Å². The summed E-state index contributed by atoms with van der Waals surface area (Å²) in [5, 5.41) is 28.7. The summed E-state index contributed by atoms with van der Waals surface area (Å²) in [7, 11) is 0. The van der Waals surface area contributed by atoms with Gasteiger partial charge >= 0.3 is 0 Å². The van der Waals surface area contributed by atoms with Crippen molar-refractivity contribution in [2.75, 3.05) is 26.4 Å². The molecule has 0 atom stereocenters. The lowest BCUT2D eigenvalue weighted by Crippen LogP contribution is -2.03. The number of unbranched alkanes of at least 4 members (excludes halogenated alkanes) is 16. The van der Waals surface area contributed by atoms with Gasteiger partial charge in [0.1, 0.15) is 0 Å². The number of nitrogens with zero attached hydrogens (tertiary/aromatic N) is 1. The number of non-ortho nitro benzene ring substituents is 1. The smallest absolute Gasteiger partial charge is 0.273 e. The van der Waals surface area contributed by atoms with E-state index in [9.17, 15) is 10.1 Å². The third kappa shape index (κ3) is 17.3. The molecule has 0 aliphatic carbocycles. The van der Waals surface area contributed by atoms with Crippen LogP contribution in [0, 0.1) is 10.1 Å². The molecule has 0 saturated carbocycles. The molecule has 0 amide bonds. The lowest BCUT2D eigenvalue weighted by Gasteiger charge is -2.13. The second-order valence-electron chi connectivity index (χ2n) is 9.40. The number of nitro benzene ring substituents is 1. The molecule has 0 aliphatic heterocycles. The molecule has 0 unspecified atom stereocenters. The van der Waals surface area contributed by atoms with Crippen LogP contribution in [-0.2, 0) is 0 Å². The van der Waals surface area contributed by atoms with Gasteiger partial charge in [0.05, 0.1) is 24.2 Å². The molecule has 0 radical (unpaired) electrons. The van der Waals surface area contributed by atoms with Gasteiger partial charge in [-0.1, -0.05) is 89.9 Å². The standard InChI is InChI=1S/C28H49NO6/c30-21-15-11-7-3-1-5-9-13-17-23-34-27-20-19-26(29(32)33)25-28(27)35-24-18-14-10-6-2-4-8-12-16-22-31/h19-20,25,30-31H,1-18,21-24H2. The zero-order valence-corrected chi connectivity index (χ0v) is 21.8. The Morgan fingerprint density at radius 1 is 0.571 bits per heavy atom. The fraction of sp³-hybridized carbons (Fsp3) is 0.786. The molecule has 35 heavy (non-hydrogen) atoms. The van der Waals surface area contributed by atoms with Crippen LogP contribution >= 0.6 is 0 Å². The number of aliphatic hydroxyl groups excluding tert-OH is 2. The number of hydrogen-bond acceptors (Lipinski definition) is 6. The van der Waals surface area contributed by atoms with Gasteiger partial charge < -0.3 is 19.7 Å². The van der Waals surface area contributed by atoms with Gasteiger partial charge in [0.25, 0.3) is 5.69 Å². The van der Waals surface area contributed by atoms with Gasteiger partial charge in [-0.2, -0.15) is 0 Å². The maximum absolute atomic E-state index is 11.2. The average Bonchev–Trinajstić information content (AvgIpc) is 2.86. The SMILES string of the molecule is O=[N+]([O-])c1ccc(OCCCCCCCCCCCO)c(OCCCCCCCCCCCO)c1. The summed E-state index contributed by atoms with van der Waals surface area (Å²) in [4.78, 5) is 10.8. The van der Waals surface area contributed by atoms with Crippen LogP contribution < -0.4 is 9.47 Å². The molecule has 7 heteroatoms. The maximum atomic E-state index is 11.2. The van der Waals surface area contributed by atoms with Crippen LogP contribution in [-0.4, -0.2) is 41.6 Å². The predicted molar refractivity (Wildman–Crippen MR) is 141 cm³/mol. The van der Waals surface area contributed by atoms with E-state index in [1.54, 1.807) is 6.07 Å². The molecule has 0 saturated heterocycles. The minimum atomic E-state index is -0.402. The number of nitro groups is 1. The Morgan fingerprint density at radius 3 is 1.34 bits per heavy atom. The Kier molecular flexibility index (Phi) is 20.1. The molecular formula is C28H49NO6. The lowest BCUT2D eigenvalue weighted by atomic mass is 10.1. The molecular weight excluding hydrogens is 446 g/mol. The number of benzene rings is 1. The predicted octanol–water partition coefficient (Wildman–Crippen LogP) is 7.36. The number of aliphatic hydroxyl groups is 2. The van der Waals surface area contributed by atoms with Crippen LogP contribution in [0.4, 0.5) is 5.69 Å². The zero-order valence-electron chi connectivity index (χ0n) is 21.8. The van der Waals surface area contributed by atoms with Crippen LogP contribution in [0.15, 0.2) is 18.2 Å². The molecule has 1 aromatic carbocycles. The Labute approximate surface area is 212 Å². The molecule has 0 bridgehead atoms. The van der Waals surface area contributed by atoms with Crippen LogP contribution in [0.5, 0.6) is 11.5 Å². The van der Waals surface area contributed by atoms with Gasteiger partial charge in [0.2, 0.25) is 0 Å². The second kappa shape index (κ2) is 22.6. The molecule has 202 valence electrons. The topological polar surface area (TPSA) is 102 Å². The van der Waals surface area contributed by atoms with E-state index in [-0.39, 0.29) is 5.69 Å². The summed E-state index contributed by atoms with van der Waals surface area (Å²) in [6.07, 6.45) is 20.3. The van der Waals surface area contributed by atoms with Gasteiger partial charge in [-0.05, 0) is 31.7 Å². The van der Waals surface area contributed by atoms with Crippen molar-refractivity contribution in [3.63, 3.8) is 0 Å². The fourth-order valence-electron chi connectivity index (χ4n) is 4.11. The summed E-state index contributed by atoms with van der Waals surface area (Å²) >= 11 is 0. The Bertz CT molecular complexity index is 640. The van der Waals surface area contributed by atoms with Crippen molar-refractivity contribution in [1.82, 2.24) is 0 Å². The van der Waals surface area contributed by atoms with E-state index in [2.05, 4.69) is 0 Å². The molecule has 2 N–H and O–H groups in total. The van der Waals surface area contributed by atoms with Gasteiger partial charge in [0.15, 0.2) is 11.5 Å². The zero-order chi connectivity index (χ0) is 25.4. The number of rotatable bonds is 25. The van der Waals surface area contributed by atoms with E-state index >= 15 is 0 Å². The first kappa shape index (κ1) is 31.2. The average molecular weight is 496 g/mol. The molecule has 0 aromatic heterocycles. The van der Waals surface area contributed by atoms with Gasteiger partial charge in [-0.3, -0.25) is 10.1 Å². The van der Waals surface area contributed by atoms with Crippen LogP contribution in [0.3, 0.4) is 0 Å². The minimum absolute atomic E-state index is 0.0209. The summed E-state index contributed by atoms with van der Waals surface area (Å²) in [5.74, 6) is 1.05. The quantitative estimate of drug-likeness (QED) is 0.0834. The van der Waals surface area contributed by atoms with Crippen molar-refractivity contribution in [2.24, 2.45) is 0 Å². The molecule has 0 aliphatic rings. The summed E-state index contributed by atoms with van der Waals surface area (Å²) in [5.41, 5.74) is 0.0209. The van der Waals surface area contributed by atoms with Crippen molar-refractivity contribution >= 4 is 5.69 Å². The van der Waals surface area contributed by atoms with E-state index in [1.807, 2.05) is 0 Å². The highest BCUT2D eigenvalue weighted by Crippen LogP contribution is 2.32. The van der Waals surface area contributed by atoms with Crippen molar-refractivity contribution in [3.8, 4) is 11.5 Å². The number of hydrogen-bond donors (Lipinski definition) is 2. The number of ether oxygens (including phenoxy) is 2.